The van der Waals surface area contributed by atoms with Crippen LogP contribution in [0.5, 0.6) is 5.75 Å². The zero-order valence-corrected chi connectivity index (χ0v) is 15.0. The summed E-state index contributed by atoms with van der Waals surface area (Å²) < 4.78 is 5.43. The number of phenolic OH excluding ortho intramolecular Hbond substituents is 1. The molecule has 1 amide bonds. The van der Waals surface area contributed by atoms with Gasteiger partial charge in [-0.15, -0.1) is 11.3 Å². The molecule has 4 nitrogen and oxygen atoms in total. The van der Waals surface area contributed by atoms with Gasteiger partial charge < -0.3 is 9.84 Å². The summed E-state index contributed by atoms with van der Waals surface area (Å²) in [4.78, 5) is 13.1. The molecule has 0 saturated heterocycles. The van der Waals surface area contributed by atoms with Gasteiger partial charge >= 0.3 is 6.09 Å². The van der Waals surface area contributed by atoms with Crippen molar-refractivity contribution >= 4 is 34.7 Å². The lowest BCUT2D eigenvalue weighted by atomic mass is 10.1. The Morgan fingerprint density at radius 1 is 1.16 bits per heavy atom. The number of anilines is 1. The summed E-state index contributed by atoms with van der Waals surface area (Å²) in [6.45, 7) is 1.77. The van der Waals surface area contributed by atoms with E-state index in [0.717, 1.165) is 16.0 Å². The fourth-order valence-electron chi connectivity index (χ4n) is 2.41. The molecule has 0 saturated carbocycles. The number of carbonyl (C=O) groups excluding carboxylic acids is 1. The third kappa shape index (κ3) is 4.13. The van der Waals surface area contributed by atoms with Crippen LogP contribution in [0.15, 0.2) is 60.0 Å². The highest BCUT2D eigenvalue weighted by molar-refractivity contribution is 7.14. The van der Waals surface area contributed by atoms with Gasteiger partial charge in [-0.2, -0.15) is 0 Å². The number of benzene rings is 2. The van der Waals surface area contributed by atoms with Gasteiger partial charge in [-0.1, -0.05) is 29.8 Å². The number of thiophene rings is 1. The van der Waals surface area contributed by atoms with Gasteiger partial charge in [0.05, 0.1) is 10.6 Å². The number of nitrogens with one attached hydrogen (secondary N) is 1. The van der Waals surface area contributed by atoms with Gasteiger partial charge in [-0.25, -0.2) is 4.79 Å². The molecule has 3 aromatic rings. The second-order valence-electron chi connectivity index (χ2n) is 5.40. The molecule has 1 heterocycles. The summed E-state index contributed by atoms with van der Waals surface area (Å²) in [5.74, 6) is 0.197. The predicted molar refractivity (Wildman–Crippen MR) is 101 cm³/mol. The molecule has 1 aromatic heterocycles. The van der Waals surface area contributed by atoms with Crippen LogP contribution in [0.3, 0.4) is 0 Å². The monoisotopic (exact) mass is 373 g/mol. The summed E-state index contributed by atoms with van der Waals surface area (Å²) in [6.07, 6.45) is -1.02. The van der Waals surface area contributed by atoms with Crippen LogP contribution in [-0.4, -0.2) is 11.2 Å². The predicted octanol–water partition coefficient (Wildman–Crippen LogP) is 6.08. The quantitative estimate of drug-likeness (QED) is 0.582. The Morgan fingerprint density at radius 3 is 2.60 bits per heavy atom. The van der Waals surface area contributed by atoms with Crippen LogP contribution in [0.4, 0.5) is 10.5 Å². The fraction of sp³-hybridized carbons (Fsp3) is 0.105. The van der Waals surface area contributed by atoms with Crippen molar-refractivity contribution in [1.82, 2.24) is 0 Å². The first-order valence-electron chi connectivity index (χ1n) is 7.63. The van der Waals surface area contributed by atoms with Gasteiger partial charge in [-0.05, 0) is 54.3 Å². The minimum absolute atomic E-state index is 0.197. The van der Waals surface area contributed by atoms with Crippen LogP contribution in [0.1, 0.15) is 18.6 Å². The summed E-state index contributed by atoms with van der Waals surface area (Å²) in [5.41, 5.74) is 2.32. The van der Waals surface area contributed by atoms with E-state index in [1.165, 1.54) is 11.3 Å². The van der Waals surface area contributed by atoms with Crippen molar-refractivity contribution in [3.63, 3.8) is 0 Å². The Morgan fingerprint density at radius 2 is 1.88 bits per heavy atom. The lowest BCUT2D eigenvalue weighted by molar-refractivity contribution is 0.121. The molecule has 0 aliphatic carbocycles. The number of rotatable bonds is 4. The maximum atomic E-state index is 12.2. The topological polar surface area (TPSA) is 58.6 Å². The third-order valence-corrected chi connectivity index (χ3v) is 4.97. The Balaban J connectivity index is 1.71. The SMILES string of the molecule is C[C@@H](OC(=O)Nc1ccsc1-c1ccc(O)cc1)c1ccccc1Cl. The van der Waals surface area contributed by atoms with Crippen LogP contribution < -0.4 is 5.32 Å². The molecule has 1 atom stereocenters. The molecule has 2 N–H and O–H groups in total. The van der Waals surface area contributed by atoms with Crippen molar-refractivity contribution in [2.24, 2.45) is 0 Å². The number of aromatic hydroxyl groups is 1. The van der Waals surface area contributed by atoms with Gasteiger partial charge in [0.2, 0.25) is 0 Å². The molecule has 25 heavy (non-hydrogen) atoms. The molecule has 0 aliphatic heterocycles. The molecule has 0 bridgehead atoms. The number of ether oxygens (including phenoxy) is 1. The van der Waals surface area contributed by atoms with Gasteiger partial charge in [-0.3, -0.25) is 5.32 Å². The maximum absolute atomic E-state index is 12.2. The Hall–Kier alpha value is -2.50. The van der Waals surface area contributed by atoms with E-state index in [2.05, 4.69) is 5.32 Å². The largest absolute Gasteiger partial charge is 0.508 e. The van der Waals surface area contributed by atoms with E-state index in [9.17, 15) is 9.90 Å². The van der Waals surface area contributed by atoms with Crippen molar-refractivity contribution in [1.29, 1.82) is 0 Å². The normalized spacial score (nSPS) is 11.8. The number of halogens is 1. The summed E-state index contributed by atoms with van der Waals surface area (Å²) in [5, 5.41) is 14.6. The number of phenols is 1. The fourth-order valence-corrected chi connectivity index (χ4v) is 3.56. The molecule has 128 valence electrons. The molecule has 2 aromatic carbocycles. The van der Waals surface area contributed by atoms with Crippen molar-refractivity contribution < 1.29 is 14.6 Å². The zero-order valence-electron chi connectivity index (χ0n) is 13.4. The first-order chi connectivity index (χ1) is 12.0. The van der Waals surface area contributed by atoms with Crippen LogP contribution in [0.2, 0.25) is 5.02 Å². The van der Waals surface area contributed by atoms with Crippen molar-refractivity contribution in [3.05, 3.63) is 70.6 Å². The summed E-state index contributed by atoms with van der Waals surface area (Å²) in [6, 6.07) is 15.9. The van der Waals surface area contributed by atoms with E-state index in [-0.39, 0.29) is 5.75 Å². The van der Waals surface area contributed by atoms with Crippen molar-refractivity contribution in [2.45, 2.75) is 13.0 Å². The van der Waals surface area contributed by atoms with Gasteiger partial charge in [0.15, 0.2) is 0 Å². The number of carbonyl (C=O) groups is 1. The Bertz CT molecular complexity index is 876. The van der Waals surface area contributed by atoms with E-state index in [1.807, 2.05) is 29.6 Å². The maximum Gasteiger partial charge on any atom is 0.412 e. The molecule has 0 fully saturated rings. The smallest absolute Gasteiger partial charge is 0.412 e. The highest BCUT2D eigenvalue weighted by Gasteiger charge is 2.16. The molecular formula is C19H16ClNO3S. The first-order valence-corrected chi connectivity index (χ1v) is 8.89. The second-order valence-corrected chi connectivity index (χ2v) is 6.73. The highest BCUT2D eigenvalue weighted by Crippen LogP contribution is 2.35. The van der Waals surface area contributed by atoms with Crippen LogP contribution in [-0.2, 0) is 4.74 Å². The summed E-state index contributed by atoms with van der Waals surface area (Å²) >= 11 is 7.63. The second kappa shape index (κ2) is 7.59. The Labute approximate surface area is 154 Å². The molecule has 3 rings (SSSR count). The standard InChI is InChI=1S/C19H16ClNO3S/c1-12(15-4-2-3-5-16(15)20)24-19(23)21-17-10-11-25-18(17)13-6-8-14(22)9-7-13/h2-12,22H,1H3,(H,21,23)/t12-/m1/s1. The molecule has 0 unspecified atom stereocenters. The lowest BCUT2D eigenvalue weighted by Gasteiger charge is -2.15. The number of hydrogen-bond acceptors (Lipinski definition) is 4. The third-order valence-electron chi connectivity index (χ3n) is 3.66. The molecule has 0 aliphatic rings. The molecule has 6 heteroatoms. The van der Waals surface area contributed by atoms with E-state index < -0.39 is 12.2 Å². The minimum Gasteiger partial charge on any atom is -0.508 e. The van der Waals surface area contributed by atoms with Crippen LogP contribution in [0.25, 0.3) is 10.4 Å². The summed E-state index contributed by atoms with van der Waals surface area (Å²) in [7, 11) is 0. The average Bonchev–Trinajstić information content (AvgIpc) is 3.03. The van der Waals surface area contributed by atoms with Crippen molar-refractivity contribution in [3.8, 4) is 16.2 Å². The first kappa shape index (κ1) is 17.3. The highest BCUT2D eigenvalue weighted by atomic mass is 35.5. The number of hydrogen-bond donors (Lipinski definition) is 2. The molecule has 0 radical (unpaired) electrons. The Kier molecular flexibility index (Phi) is 5.26. The van der Waals surface area contributed by atoms with Gasteiger partial charge in [0.25, 0.3) is 0 Å². The van der Waals surface area contributed by atoms with E-state index in [1.54, 1.807) is 37.3 Å². The average molecular weight is 374 g/mol. The lowest BCUT2D eigenvalue weighted by Crippen LogP contribution is -2.16. The van der Waals surface area contributed by atoms with Crippen LogP contribution >= 0.6 is 22.9 Å². The minimum atomic E-state index is -0.550. The molecule has 0 spiro atoms. The zero-order chi connectivity index (χ0) is 17.8. The van der Waals surface area contributed by atoms with Crippen molar-refractivity contribution in [2.75, 3.05) is 5.32 Å². The van der Waals surface area contributed by atoms with E-state index in [0.29, 0.717) is 10.7 Å². The van der Waals surface area contributed by atoms with Gasteiger partial charge in [0.1, 0.15) is 11.9 Å². The number of amides is 1. The van der Waals surface area contributed by atoms with Gasteiger partial charge in [0, 0.05) is 10.6 Å². The van der Waals surface area contributed by atoms with E-state index >= 15 is 0 Å². The van der Waals surface area contributed by atoms with Crippen LogP contribution in [0, 0.1) is 0 Å². The van der Waals surface area contributed by atoms with E-state index in [4.69, 9.17) is 16.3 Å². The molecular weight excluding hydrogens is 358 g/mol.